The van der Waals surface area contributed by atoms with Crippen molar-refractivity contribution in [2.45, 2.75) is 83.6 Å². The Bertz CT molecular complexity index is 269. The van der Waals surface area contributed by atoms with E-state index < -0.39 is 12.0 Å². The molecule has 0 aliphatic carbocycles. The van der Waals surface area contributed by atoms with E-state index in [1.54, 1.807) is 0 Å². The van der Waals surface area contributed by atoms with E-state index >= 15 is 0 Å². The van der Waals surface area contributed by atoms with Gasteiger partial charge in [-0.3, -0.25) is 9.68 Å². The molecule has 0 aliphatic heterocycles. The van der Waals surface area contributed by atoms with Crippen LogP contribution in [0.25, 0.3) is 0 Å². The first-order valence-electron chi connectivity index (χ1n) is 7.74. The maximum Gasteiger partial charge on any atom is 0.358 e. The molecule has 0 aromatic carbocycles. The molecular formula is C15H29NO4. The van der Waals surface area contributed by atoms with Gasteiger partial charge < -0.3 is 5.73 Å². The van der Waals surface area contributed by atoms with Gasteiger partial charge in [0, 0.05) is 12.8 Å². The predicted octanol–water partition coefficient (Wildman–Crippen LogP) is 3.21. The van der Waals surface area contributed by atoms with Gasteiger partial charge in [-0.1, -0.05) is 45.4 Å². The van der Waals surface area contributed by atoms with Crippen molar-refractivity contribution in [1.82, 2.24) is 0 Å². The summed E-state index contributed by atoms with van der Waals surface area (Å²) < 4.78 is 0. The highest BCUT2D eigenvalue weighted by molar-refractivity contribution is 5.78. The molecule has 5 heteroatoms. The van der Waals surface area contributed by atoms with Gasteiger partial charge in [0.15, 0.2) is 0 Å². The summed E-state index contributed by atoms with van der Waals surface area (Å²) in [6, 6.07) is -0.841. The van der Waals surface area contributed by atoms with Crippen LogP contribution >= 0.6 is 0 Å². The molecule has 0 aromatic heterocycles. The van der Waals surface area contributed by atoms with Gasteiger partial charge in [0.05, 0.1) is 0 Å². The molecule has 118 valence electrons. The number of ketones is 1. The van der Waals surface area contributed by atoms with E-state index in [-0.39, 0.29) is 5.78 Å². The van der Waals surface area contributed by atoms with Crippen LogP contribution in [0, 0.1) is 0 Å². The predicted molar refractivity (Wildman–Crippen MR) is 78.2 cm³/mol. The van der Waals surface area contributed by atoms with E-state index in [0.717, 1.165) is 12.8 Å². The van der Waals surface area contributed by atoms with E-state index in [1.165, 1.54) is 32.1 Å². The van der Waals surface area contributed by atoms with Crippen molar-refractivity contribution in [1.29, 1.82) is 0 Å². The number of hydrogen-bond acceptors (Lipinski definition) is 5. The molecular weight excluding hydrogens is 258 g/mol. The van der Waals surface area contributed by atoms with E-state index in [0.29, 0.717) is 25.7 Å². The second-order valence-electron chi connectivity index (χ2n) is 5.32. The minimum Gasteiger partial charge on any atom is -0.318 e. The number of unbranched alkanes of at least 4 members (excludes halogenated alkanes) is 6. The summed E-state index contributed by atoms with van der Waals surface area (Å²) in [5.74, 6) is -0.618. The maximum absolute atomic E-state index is 11.6. The normalized spacial score (nSPS) is 12.2. The van der Waals surface area contributed by atoms with Crippen molar-refractivity contribution in [2.24, 2.45) is 5.73 Å². The fraction of sp³-hybridized carbons (Fsp3) is 0.867. The van der Waals surface area contributed by atoms with Crippen LogP contribution in [0.5, 0.6) is 0 Å². The first kappa shape index (κ1) is 19.1. The molecule has 5 nitrogen and oxygen atoms in total. The molecule has 20 heavy (non-hydrogen) atoms. The van der Waals surface area contributed by atoms with Gasteiger partial charge in [-0.05, 0) is 19.3 Å². The summed E-state index contributed by atoms with van der Waals surface area (Å²) in [6.07, 6.45) is 10.4. The van der Waals surface area contributed by atoms with E-state index in [4.69, 9.17) is 11.0 Å². The second kappa shape index (κ2) is 13.1. The SMILES string of the molecule is CCCCCCCCCC(=O)CCCC(N)C(=O)OO. The van der Waals surface area contributed by atoms with Gasteiger partial charge in [0.1, 0.15) is 11.8 Å². The largest absolute Gasteiger partial charge is 0.358 e. The summed E-state index contributed by atoms with van der Waals surface area (Å²) >= 11 is 0. The monoisotopic (exact) mass is 287 g/mol. The van der Waals surface area contributed by atoms with Gasteiger partial charge in [0.25, 0.3) is 0 Å². The van der Waals surface area contributed by atoms with Crippen molar-refractivity contribution in [2.75, 3.05) is 0 Å². The van der Waals surface area contributed by atoms with Gasteiger partial charge >= 0.3 is 5.97 Å². The fourth-order valence-electron chi connectivity index (χ4n) is 2.11. The summed E-state index contributed by atoms with van der Waals surface area (Å²) in [6.45, 7) is 2.20. The highest BCUT2D eigenvalue weighted by atomic mass is 17.1. The molecule has 0 radical (unpaired) electrons. The number of hydrogen-bond donors (Lipinski definition) is 2. The van der Waals surface area contributed by atoms with Crippen molar-refractivity contribution in [3.05, 3.63) is 0 Å². The highest BCUT2D eigenvalue weighted by Gasteiger charge is 2.15. The zero-order chi connectivity index (χ0) is 15.2. The Morgan fingerprint density at radius 2 is 1.55 bits per heavy atom. The standard InChI is InChI=1S/C15H29NO4/c1-2-3-4-5-6-7-8-10-13(17)11-9-12-14(16)15(18)20-19/h14,19H,2-12,16H2,1H3. The molecule has 0 aliphatic rings. The highest BCUT2D eigenvalue weighted by Crippen LogP contribution is 2.10. The Morgan fingerprint density at radius 3 is 2.15 bits per heavy atom. The summed E-state index contributed by atoms with van der Waals surface area (Å²) in [7, 11) is 0. The molecule has 0 bridgehead atoms. The Hall–Kier alpha value is -0.940. The van der Waals surface area contributed by atoms with Crippen LogP contribution in [0.4, 0.5) is 0 Å². The molecule has 0 amide bonds. The molecule has 0 saturated heterocycles. The first-order chi connectivity index (χ1) is 9.61. The van der Waals surface area contributed by atoms with Crippen molar-refractivity contribution < 1.29 is 19.7 Å². The molecule has 0 fully saturated rings. The van der Waals surface area contributed by atoms with E-state index in [2.05, 4.69) is 11.8 Å². The smallest absolute Gasteiger partial charge is 0.318 e. The number of Topliss-reactive ketones (excluding diaryl/α,β-unsaturated/α-hetero) is 1. The van der Waals surface area contributed by atoms with E-state index in [1.807, 2.05) is 0 Å². The Balaban J connectivity index is 3.39. The Morgan fingerprint density at radius 1 is 1.00 bits per heavy atom. The minimum absolute atomic E-state index is 0.225. The van der Waals surface area contributed by atoms with Gasteiger partial charge in [-0.2, -0.15) is 5.26 Å². The molecule has 0 rings (SSSR count). The third-order valence-corrected chi connectivity index (χ3v) is 3.42. The molecule has 3 N–H and O–H groups in total. The van der Waals surface area contributed by atoms with Crippen LogP contribution in [-0.2, 0) is 14.5 Å². The lowest BCUT2D eigenvalue weighted by atomic mass is 10.0. The molecule has 1 atom stereocenters. The van der Waals surface area contributed by atoms with Gasteiger partial charge in [-0.15, -0.1) is 0 Å². The zero-order valence-electron chi connectivity index (χ0n) is 12.6. The van der Waals surface area contributed by atoms with Crippen LogP contribution in [0.2, 0.25) is 0 Å². The van der Waals surface area contributed by atoms with Crippen LogP contribution in [0.1, 0.15) is 77.6 Å². The zero-order valence-corrected chi connectivity index (χ0v) is 12.6. The van der Waals surface area contributed by atoms with Crippen LogP contribution in [0.3, 0.4) is 0 Å². The number of carbonyl (C=O) groups excluding carboxylic acids is 2. The second-order valence-corrected chi connectivity index (χ2v) is 5.32. The third-order valence-electron chi connectivity index (χ3n) is 3.42. The van der Waals surface area contributed by atoms with E-state index in [9.17, 15) is 9.59 Å². The number of rotatable bonds is 13. The third kappa shape index (κ3) is 10.9. The Kier molecular flexibility index (Phi) is 12.4. The van der Waals surface area contributed by atoms with Gasteiger partial charge in [0.2, 0.25) is 0 Å². The Labute approximate surface area is 121 Å². The van der Waals surface area contributed by atoms with Crippen molar-refractivity contribution in [3.63, 3.8) is 0 Å². The van der Waals surface area contributed by atoms with Crippen molar-refractivity contribution >= 4 is 11.8 Å². The molecule has 0 spiro atoms. The topological polar surface area (TPSA) is 89.6 Å². The average molecular weight is 287 g/mol. The minimum atomic E-state index is -0.843. The lowest BCUT2D eigenvalue weighted by Crippen LogP contribution is -2.31. The molecule has 1 unspecified atom stereocenters. The number of nitrogens with two attached hydrogens (primary N) is 1. The first-order valence-corrected chi connectivity index (χ1v) is 7.74. The molecule has 0 heterocycles. The summed E-state index contributed by atoms with van der Waals surface area (Å²) in [5.41, 5.74) is 5.45. The fourth-order valence-corrected chi connectivity index (χ4v) is 2.11. The lowest BCUT2D eigenvalue weighted by molar-refractivity contribution is -0.235. The average Bonchev–Trinajstić information content (AvgIpc) is 2.45. The lowest BCUT2D eigenvalue weighted by Gasteiger charge is -2.06. The number of carbonyl (C=O) groups is 2. The van der Waals surface area contributed by atoms with Crippen LogP contribution < -0.4 is 5.73 Å². The quantitative estimate of drug-likeness (QED) is 0.308. The van der Waals surface area contributed by atoms with Crippen LogP contribution in [0.15, 0.2) is 0 Å². The van der Waals surface area contributed by atoms with Gasteiger partial charge in [-0.25, -0.2) is 4.79 Å². The maximum atomic E-state index is 11.6. The summed E-state index contributed by atoms with van der Waals surface area (Å²) in [4.78, 5) is 26.0. The van der Waals surface area contributed by atoms with Crippen LogP contribution in [-0.4, -0.2) is 23.1 Å². The van der Waals surface area contributed by atoms with Crippen molar-refractivity contribution in [3.8, 4) is 0 Å². The molecule has 0 saturated carbocycles. The summed E-state index contributed by atoms with van der Waals surface area (Å²) in [5, 5.41) is 8.14. The molecule has 0 aromatic rings.